The third-order valence-corrected chi connectivity index (χ3v) is 2.06. The summed E-state index contributed by atoms with van der Waals surface area (Å²) in [6, 6.07) is 5.41. The normalized spacial score (nSPS) is 8.53. The minimum absolute atomic E-state index is 0.0188. The molecule has 0 aromatic carbocycles. The van der Waals surface area contributed by atoms with Crippen molar-refractivity contribution in [1.82, 2.24) is 4.98 Å². The summed E-state index contributed by atoms with van der Waals surface area (Å²) in [6.07, 6.45) is 0. The minimum atomic E-state index is -0.0188. The van der Waals surface area contributed by atoms with Gasteiger partial charge in [-0.15, -0.1) is 0 Å². The van der Waals surface area contributed by atoms with E-state index in [0.29, 0.717) is 5.56 Å². The van der Waals surface area contributed by atoms with Gasteiger partial charge in [-0.05, 0) is 31.3 Å². The summed E-state index contributed by atoms with van der Waals surface area (Å²) in [4.78, 5) is 4.12. The van der Waals surface area contributed by atoms with Crippen molar-refractivity contribution in [2.24, 2.45) is 0 Å². The Labute approximate surface area is 87.6 Å². The summed E-state index contributed by atoms with van der Waals surface area (Å²) >= 11 is 0. The minimum Gasteiger partial charge on any atom is -0.257 e. The molecule has 72 valence electrons. The Morgan fingerprint density at radius 2 is 2.07 bits per heavy atom. The molecule has 0 aliphatic heterocycles. The van der Waals surface area contributed by atoms with Gasteiger partial charge in [0, 0.05) is 5.69 Å². The van der Waals surface area contributed by atoms with Crippen LogP contribution in [0.1, 0.15) is 22.5 Å². The molecule has 1 rings (SSSR count). The topological polar surface area (TPSA) is 84.3 Å². The smallest absolute Gasteiger partial charge is 0.140 e. The second-order valence-corrected chi connectivity index (χ2v) is 3.01. The molecule has 0 atom stereocenters. The highest BCUT2D eigenvalue weighted by Crippen LogP contribution is 2.17. The number of allylic oxidation sites excluding steroid dienone is 1. The third kappa shape index (κ3) is 1.91. The van der Waals surface area contributed by atoms with E-state index in [1.807, 2.05) is 18.9 Å². The summed E-state index contributed by atoms with van der Waals surface area (Å²) in [6.45, 7) is 3.63. The number of aromatic nitrogens is 1. The van der Waals surface area contributed by atoms with Crippen molar-refractivity contribution < 1.29 is 0 Å². The van der Waals surface area contributed by atoms with Gasteiger partial charge in [0.25, 0.3) is 0 Å². The van der Waals surface area contributed by atoms with E-state index in [1.54, 1.807) is 19.1 Å². The van der Waals surface area contributed by atoms with Gasteiger partial charge in [0.1, 0.15) is 23.4 Å². The van der Waals surface area contributed by atoms with Gasteiger partial charge in [0.05, 0.1) is 5.56 Å². The molecule has 1 N–H and O–H groups in total. The van der Waals surface area contributed by atoms with E-state index in [4.69, 9.17) is 15.9 Å². The molecule has 1 heterocycles. The van der Waals surface area contributed by atoms with Gasteiger partial charge < -0.3 is 0 Å². The van der Waals surface area contributed by atoms with E-state index >= 15 is 0 Å². The van der Waals surface area contributed by atoms with E-state index < -0.39 is 0 Å². The number of pyridine rings is 1. The van der Waals surface area contributed by atoms with Crippen LogP contribution in [0.25, 0.3) is 5.57 Å². The number of hydrogen-bond donors (Lipinski definition) is 1. The van der Waals surface area contributed by atoms with Gasteiger partial charge in [-0.1, -0.05) is 0 Å². The van der Waals surface area contributed by atoms with Crippen LogP contribution in [-0.4, -0.2) is 10.9 Å². The molecule has 0 aliphatic rings. The molecule has 4 nitrogen and oxygen atoms in total. The van der Waals surface area contributed by atoms with Crippen molar-refractivity contribution in [3.63, 3.8) is 0 Å². The Bertz CT molecular complexity index is 537. The number of nitrogens with zero attached hydrogens (tertiary/aromatic N) is 3. The molecular formula is C11H8N4. The summed E-state index contributed by atoms with van der Waals surface area (Å²) in [5.41, 5.74) is 2.15. The van der Waals surface area contributed by atoms with Crippen LogP contribution < -0.4 is 0 Å². The van der Waals surface area contributed by atoms with Crippen LogP contribution in [0.5, 0.6) is 0 Å². The predicted octanol–water partition coefficient (Wildman–Crippen LogP) is 1.73. The molecule has 4 heteroatoms. The van der Waals surface area contributed by atoms with Crippen LogP contribution in [0.15, 0.2) is 6.07 Å². The molecule has 0 bridgehead atoms. The van der Waals surface area contributed by atoms with Crippen molar-refractivity contribution in [3.05, 3.63) is 28.6 Å². The zero-order chi connectivity index (χ0) is 11.4. The number of rotatable bonds is 1. The highest BCUT2D eigenvalue weighted by molar-refractivity contribution is 5.96. The van der Waals surface area contributed by atoms with Gasteiger partial charge in [-0.25, -0.2) is 4.98 Å². The maximum absolute atomic E-state index is 8.87. The van der Waals surface area contributed by atoms with Crippen LogP contribution in [-0.2, 0) is 0 Å². The van der Waals surface area contributed by atoms with Crippen LogP contribution in [0.2, 0.25) is 0 Å². The Balaban J connectivity index is 3.57. The van der Waals surface area contributed by atoms with Crippen LogP contribution in [0.3, 0.4) is 0 Å². The SMILES string of the molecule is Cc1cc(C#N)c(C(=C=N)C#N)nc1C. The lowest BCUT2D eigenvalue weighted by Gasteiger charge is -2.03. The van der Waals surface area contributed by atoms with E-state index in [9.17, 15) is 0 Å². The van der Waals surface area contributed by atoms with Crippen LogP contribution in [0.4, 0.5) is 0 Å². The monoisotopic (exact) mass is 196 g/mol. The lowest BCUT2D eigenvalue weighted by molar-refractivity contribution is 1.12. The Morgan fingerprint density at radius 3 is 2.53 bits per heavy atom. The van der Waals surface area contributed by atoms with E-state index in [0.717, 1.165) is 11.3 Å². The molecule has 0 aliphatic carbocycles. The largest absolute Gasteiger partial charge is 0.257 e. The average Bonchev–Trinajstić information content (AvgIpc) is 2.24. The zero-order valence-electron chi connectivity index (χ0n) is 8.42. The quantitative estimate of drug-likeness (QED) is 0.548. The molecule has 0 fully saturated rings. The lowest BCUT2D eigenvalue weighted by Crippen LogP contribution is -1.98. The maximum Gasteiger partial charge on any atom is 0.140 e. The lowest BCUT2D eigenvalue weighted by atomic mass is 10.1. The fourth-order valence-corrected chi connectivity index (χ4v) is 1.12. The Morgan fingerprint density at radius 1 is 1.40 bits per heavy atom. The molecule has 15 heavy (non-hydrogen) atoms. The summed E-state index contributed by atoms with van der Waals surface area (Å²) in [5.74, 6) is 1.98. The third-order valence-electron chi connectivity index (χ3n) is 2.06. The first-order valence-electron chi connectivity index (χ1n) is 4.22. The fraction of sp³-hybridized carbons (Fsp3) is 0.182. The van der Waals surface area contributed by atoms with Crippen LogP contribution in [0, 0.1) is 41.9 Å². The zero-order valence-corrected chi connectivity index (χ0v) is 8.42. The van der Waals surface area contributed by atoms with E-state index in [1.165, 1.54) is 0 Å². The molecule has 0 saturated heterocycles. The first-order valence-corrected chi connectivity index (χ1v) is 4.22. The molecule has 0 radical (unpaired) electrons. The number of hydrogen-bond acceptors (Lipinski definition) is 4. The van der Waals surface area contributed by atoms with Gasteiger partial charge in [0.15, 0.2) is 0 Å². The number of aryl methyl sites for hydroxylation is 2. The van der Waals surface area contributed by atoms with Crippen LogP contribution >= 0.6 is 0 Å². The van der Waals surface area contributed by atoms with Gasteiger partial charge in [-0.3, -0.25) is 5.41 Å². The highest BCUT2D eigenvalue weighted by atomic mass is 14.7. The van der Waals surface area contributed by atoms with Crippen molar-refractivity contribution >= 4 is 11.4 Å². The van der Waals surface area contributed by atoms with Crippen molar-refractivity contribution in [2.45, 2.75) is 13.8 Å². The fourth-order valence-electron chi connectivity index (χ4n) is 1.12. The van der Waals surface area contributed by atoms with E-state index in [2.05, 4.69) is 4.98 Å². The Kier molecular flexibility index (Phi) is 2.98. The second kappa shape index (κ2) is 4.19. The molecule has 0 amide bonds. The van der Waals surface area contributed by atoms with Crippen molar-refractivity contribution in [1.29, 1.82) is 15.9 Å². The molecule has 0 saturated carbocycles. The van der Waals surface area contributed by atoms with Gasteiger partial charge in [0.2, 0.25) is 0 Å². The average molecular weight is 196 g/mol. The first-order chi connectivity index (χ1) is 7.13. The summed E-state index contributed by atoms with van der Waals surface area (Å²) < 4.78 is 0. The molecule has 0 unspecified atom stereocenters. The van der Waals surface area contributed by atoms with Crippen molar-refractivity contribution in [3.8, 4) is 12.1 Å². The first kappa shape index (κ1) is 10.7. The molecule has 1 aromatic rings. The second-order valence-electron chi connectivity index (χ2n) is 3.01. The summed E-state index contributed by atoms with van der Waals surface area (Å²) in [5, 5.41) is 24.5. The molecule has 1 aromatic heterocycles. The molecular weight excluding hydrogens is 188 g/mol. The highest BCUT2D eigenvalue weighted by Gasteiger charge is 2.11. The van der Waals surface area contributed by atoms with Crippen molar-refractivity contribution in [2.75, 3.05) is 0 Å². The summed E-state index contributed by atoms with van der Waals surface area (Å²) in [7, 11) is 0. The number of nitrogens with one attached hydrogen (secondary N) is 1. The van der Waals surface area contributed by atoms with Gasteiger partial charge >= 0.3 is 0 Å². The number of nitriles is 2. The van der Waals surface area contributed by atoms with E-state index in [-0.39, 0.29) is 11.3 Å². The molecule has 0 spiro atoms. The standard InChI is InChI=1S/C11H8N4/c1-7-3-9(4-12)11(15-8(7)2)10(5-13)6-14/h3,13H,1-2H3. The van der Waals surface area contributed by atoms with Gasteiger partial charge in [-0.2, -0.15) is 10.5 Å². The Hall–Kier alpha value is -2.42. The predicted molar refractivity (Wildman–Crippen MR) is 55.2 cm³/mol. The maximum atomic E-state index is 8.87.